The Bertz CT molecular complexity index is 480. The van der Waals surface area contributed by atoms with Crippen molar-refractivity contribution < 1.29 is 14.6 Å². The Labute approximate surface area is 127 Å². The zero-order chi connectivity index (χ0) is 15.0. The first-order chi connectivity index (χ1) is 9.99. The van der Waals surface area contributed by atoms with Crippen molar-refractivity contribution >= 4 is 0 Å². The predicted molar refractivity (Wildman–Crippen MR) is 82.4 cm³/mol. The summed E-state index contributed by atoms with van der Waals surface area (Å²) in [5.74, 6) is 1.82. The summed E-state index contributed by atoms with van der Waals surface area (Å²) < 4.78 is 11.6. The third-order valence-corrected chi connectivity index (χ3v) is 5.28. The summed E-state index contributed by atoms with van der Waals surface area (Å²) in [7, 11) is 1.67. The number of ether oxygens (including phenoxy) is 2. The Kier molecular flexibility index (Phi) is 3.98. The maximum absolute atomic E-state index is 10.9. The van der Waals surface area contributed by atoms with Crippen LogP contribution in [0.2, 0.25) is 0 Å². The summed E-state index contributed by atoms with van der Waals surface area (Å²) in [6, 6.07) is 8.02. The van der Waals surface area contributed by atoms with Crippen LogP contribution in [0.5, 0.6) is 5.75 Å². The zero-order valence-corrected chi connectivity index (χ0v) is 13.2. The summed E-state index contributed by atoms with van der Waals surface area (Å²) in [5.41, 5.74) is 0.501. The minimum atomic E-state index is -0.631. The molecule has 3 rings (SSSR count). The number of hydrogen-bond donors (Lipinski definition) is 1. The summed E-state index contributed by atoms with van der Waals surface area (Å²) in [4.78, 5) is 0. The van der Waals surface area contributed by atoms with Gasteiger partial charge in [0.1, 0.15) is 5.75 Å². The van der Waals surface area contributed by atoms with Crippen LogP contribution in [-0.2, 0) is 4.74 Å². The molecule has 1 aliphatic heterocycles. The van der Waals surface area contributed by atoms with E-state index in [0.29, 0.717) is 12.3 Å². The van der Waals surface area contributed by atoms with Gasteiger partial charge in [-0.1, -0.05) is 25.5 Å². The molecule has 2 fully saturated rings. The Morgan fingerprint density at radius 2 is 1.95 bits per heavy atom. The molecule has 1 aromatic rings. The lowest BCUT2D eigenvalue weighted by molar-refractivity contribution is -0.197. The fraction of sp³-hybridized carbons (Fsp3) is 0.667. The molecular weight excluding hydrogens is 264 g/mol. The molecule has 0 spiro atoms. The highest BCUT2D eigenvalue weighted by Crippen LogP contribution is 2.47. The summed E-state index contributed by atoms with van der Waals surface area (Å²) in [5, 5.41) is 10.9. The van der Waals surface area contributed by atoms with Crippen molar-refractivity contribution in [1.82, 2.24) is 0 Å². The fourth-order valence-corrected chi connectivity index (χ4v) is 3.99. The lowest BCUT2D eigenvalue weighted by Crippen LogP contribution is -2.51. The highest BCUT2D eigenvalue weighted by molar-refractivity contribution is 5.29. The van der Waals surface area contributed by atoms with Gasteiger partial charge in [-0.05, 0) is 43.4 Å². The Morgan fingerprint density at radius 1 is 1.24 bits per heavy atom. The number of fused-ring (bicyclic) bond motifs is 1. The molecule has 1 N–H and O–H groups in total. The van der Waals surface area contributed by atoms with Gasteiger partial charge in [-0.15, -0.1) is 0 Å². The molecule has 1 heterocycles. The van der Waals surface area contributed by atoms with E-state index in [9.17, 15) is 5.11 Å². The van der Waals surface area contributed by atoms with Crippen molar-refractivity contribution in [2.45, 2.75) is 57.3 Å². The van der Waals surface area contributed by atoms with Crippen LogP contribution in [0.1, 0.15) is 51.2 Å². The number of hydrogen-bond acceptors (Lipinski definition) is 3. The molecule has 3 heteroatoms. The van der Waals surface area contributed by atoms with Crippen LogP contribution in [0.4, 0.5) is 0 Å². The van der Waals surface area contributed by atoms with Gasteiger partial charge >= 0.3 is 0 Å². The first kappa shape index (κ1) is 14.9. The zero-order valence-electron chi connectivity index (χ0n) is 13.2. The average Bonchev–Trinajstić information content (AvgIpc) is 2.46. The summed E-state index contributed by atoms with van der Waals surface area (Å²) >= 11 is 0. The third kappa shape index (κ3) is 2.95. The Balaban J connectivity index is 1.80. The largest absolute Gasteiger partial charge is 0.497 e. The van der Waals surface area contributed by atoms with E-state index in [0.717, 1.165) is 24.2 Å². The highest BCUT2D eigenvalue weighted by atomic mass is 16.5. The standard InChI is InChI=1S/C18H26O3/c1-12-4-9-15-16(10-12)21-17(11-18(15,2)19)13-5-7-14(20-3)8-6-13/h5-8,12,15-17,19H,4,9-11H2,1-3H3/t12-,15-,16-,17-,18?/m1/s1. The number of aliphatic hydroxyl groups is 1. The van der Waals surface area contributed by atoms with Crippen molar-refractivity contribution in [3.05, 3.63) is 29.8 Å². The number of rotatable bonds is 2. The third-order valence-electron chi connectivity index (χ3n) is 5.28. The van der Waals surface area contributed by atoms with E-state index in [1.165, 1.54) is 6.42 Å². The van der Waals surface area contributed by atoms with Gasteiger partial charge < -0.3 is 14.6 Å². The van der Waals surface area contributed by atoms with Crippen LogP contribution in [0, 0.1) is 11.8 Å². The molecule has 1 aromatic carbocycles. The van der Waals surface area contributed by atoms with Crippen molar-refractivity contribution in [2.24, 2.45) is 11.8 Å². The van der Waals surface area contributed by atoms with Gasteiger partial charge in [-0.25, -0.2) is 0 Å². The molecule has 116 valence electrons. The average molecular weight is 290 g/mol. The molecule has 0 bridgehead atoms. The molecule has 1 unspecified atom stereocenters. The fourth-order valence-electron chi connectivity index (χ4n) is 3.99. The van der Waals surface area contributed by atoms with Gasteiger partial charge in [0, 0.05) is 12.3 Å². The molecule has 5 atom stereocenters. The molecule has 1 saturated carbocycles. The number of benzene rings is 1. The van der Waals surface area contributed by atoms with Crippen LogP contribution < -0.4 is 4.74 Å². The van der Waals surface area contributed by atoms with E-state index in [1.807, 2.05) is 31.2 Å². The van der Waals surface area contributed by atoms with E-state index < -0.39 is 5.60 Å². The second-order valence-electron chi connectivity index (χ2n) is 7.02. The van der Waals surface area contributed by atoms with Gasteiger partial charge in [0.2, 0.25) is 0 Å². The SMILES string of the molecule is COc1ccc([C@H]2CC(C)(O)[C@@H]3CC[C@@H](C)C[C@H]3O2)cc1. The quantitative estimate of drug-likeness (QED) is 0.902. The van der Waals surface area contributed by atoms with Crippen molar-refractivity contribution in [3.63, 3.8) is 0 Å². The summed E-state index contributed by atoms with van der Waals surface area (Å²) in [6.07, 6.45) is 4.19. The van der Waals surface area contributed by atoms with E-state index >= 15 is 0 Å². The van der Waals surface area contributed by atoms with E-state index in [1.54, 1.807) is 7.11 Å². The van der Waals surface area contributed by atoms with Crippen LogP contribution >= 0.6 is 0 Å². The molecule has 1 saturated heterocycles. The first-order valence-corrected chi connectivity index (χ1v) is 8.01. The topological polar surface area (TPSA) is 38.7 Å². The lowest BCUT2D eigenvalue weighted by atomic mass is 9.68. The van der Waals surface area contributed by atoms with Crippen LogP contribution in [0.3, 0.4) is 0 Å². The molecule has 0 aromatic heterocycles. The minimum Gasteiger partial charge on any atom is -0.497 e. The normalized spacial score (nSPS) is 39.6. The van der Waals surface area contributed by atoms with Crippen LogP contribution in [0.25, 0.3) is 0 Å². The second kappa shape index (κ2) is 5.62. The molecule has 3 nitrogen and oxygen atoms in total. The smallest absolute Gasteiger partial charge is 0.118 e. The van der Waals surface area contributed by atoms with Crippen LogP contribution in [0.15, 0.2) is 24.3 Å². The first-order valence-electron chi connectivity index (χ1n) is 8.01. The van der Waals surface area contributed by atoms with E-state index in [4.69, 9.17) is 9.47 Å². The van der Waals surface area contributed by atoms with E-state index in [2.05, 4.69) is 6.92 Å². The van der Waals surface area contributed by atoms with Gasteiger partial charge in [0.05, 0.1) is 24.9 Å². The van der Waals surface area contributed by atoms with Crippen molar-refractivity contribution in [2.75, 3.05) is 7.11 Å². The highest BCUT2D eigenvalue weighted by Gasteiger charge is 2.47. The maximum atomic E-state index is 10.9. The molecule has 21 heavy (non-hydrogen) atoms. The van der Waals surface area contributed by atoms with Crippen molar-refractivity contribution in [1.29, 1.82) is 0 Å². The monoisotopic (exact) mass is 290 g/mol. The molecule has 1 aliphatic carbocycles. The predicted octanol–water partition coefficient (Wildman–Crippen LogP) is 3.71. The number of methoxy groups -OCH3 is 1. The molecule has 2 aliphatic rings. The van der Waals surface area contributed by atoms with E-state index in [-0.39, 0.29) is 18.1 Å². The van der Waals surface area contributed by atoms with Crippen LogP contribution in [-0.4, -0.2) is 23.9 Å². The Hall–Kier alpha value is -1.06. The van der Waals surface area contributed by atoms with Gasteiger partial charge in [-0.2, -0.15) is 0 Å². The Morgan fingerprint density at radius 3 is 2.62 bits per heavy atom. The summed E-state index contributed by atoms with van der Waals surface area (Å²) in [6.45, 7) is 4.27. The minimum absolute atomic E-state index is 0.0162. The van der Waals surface area contributed by atoms with Gasteiger partial charge in [-0.3, -0.25) is 0 Å². The molecular formula is C18H26O3. The van der Waals surface area contributed by atoms with Crippen molar-refractivity contribution in [3.8, 4) is 5.75 Å². The maximum Gasteiger partial charge on any atom is 0.118 e. The van der Waals surface area contributed by atoms with Gasteiger partial charge in [0.15, 0.2) is 0 Å². The molecule has 0 radical (unpaired) electrons. The second-order valence-corrected chi connectivity index (χ2v) is 7.02. The van der Waals surface area contributed by atoms with Gasteiger partial charge in [0.25, 0.3) is 0 Å². The molecule has 0 amide bonds. The lowest BCUT2D eigenvalue weighted by Gasteiger charge is -2.49.